The van der Waals surface area contributed by atoms with Crippen LogP contribution in [0.3, 0.4) is 0 Å². The minimum atomic E-state index is -2.51. The number of nitriles is 1. The fraction of sp³-hybridized carbons (Fsp3) is 0.300. The molecule has 74 valence electrons. The first kappa shape index (κ1) is 10.5. The third kappa shape index (κ3) is 2.19. The summed E-state index contributed by atoms with van der Waals surface area (Å²) in [6.45, 7) is 0. The predicted molar refractivity (Wildman–Crippen MR) is 47.3 cm³/mol. The standard InChI is InChI=1S/C10H9F2NO/c1-14-9-6-8(10(11)12)3-2-7(9)4-5-13/h2-3,6,10H,4H2,1H3. The van der Waals surface area contributed by atoms with Gasteiger partial charge in [0.05, 0.1) is 19.6 Å². The highest BCUT2D eigenvalue weighted by Crippen LogP contribution is 2.26. The van der Waals surface area contributed by atoms with Crippen molar-refractivity contribution >= 4 is 0 Å². The summed E-state index contributed by atoms with van der Waals surface area (Å²) >= 11 is 0. The summed E-state index contributed by atoms with van der Waals surface area (Å²) < 4.78 is 29.5. The SMILES string of the molecule is COc1cc(C(F)F)ccc1CC#N. The Kier molecular flexibility index (Phi) is 3.41. The van der Waals surface area contributed by atoms with Crippen molar-refractivity contribution in [1.82, 2.24) is 0 Å². The number of halogens is 2. The molecule has 0 bridgehead atoms. The van der Waals surface area contributed by atoms with E-state index in [9.17, 15) is 8.78 Å². The molecule has 1 rings (SSSR count). The number of alkyl halides is 2. The maximum absolute atomic E-state index is 12.3. The average Bonchev–Trinajstić information content (AvgIpc) is 2.18. The molecule has 0 fully saturated rings. The smallest absolute Gasteiger partial charge is 0.263 e. The maximum atomic E-state index is 12.3. The molecule has 4 heteroatoms. The highest BCUT2D eigenvalue weighted by atomic mass is 19.3. The fourth-order valence-corrected chi connectivity index (χ4v) is 1.13. The van der Waals surface area contributed by atoms with Crippen molar-refractivity contribution in [2.45, 2.75) is 12.8 Å². The van der Waals surface area contributed by atoms with Crippen LogP contribution in [0.2, 0.25) is 0 Å². The van der Waals surface area contributed by atoms with Gasteiger partial charge in [0.1, 0.15) is 5.75 Å². The zero-order valence-corrected chi connectivity index (χ0v) is 7.63. The van der Waals surface area contributed by atoms with Crippen molar-refractivity contribution in [3.63, 3.8) is 0 Å². The Morgan fingerprint density at radius 1 is 1.50 bits per heavy atom. The first-order chi connectivity index (χ1) is 6.69. The van der Waals surface area contributed by atoms with E-state index in [1.807, 2.05) is 6.07 Å². The van der Waals surface area contributed by atoms with Crippen LogP contribution in [0.25, 0.3) is 0 Å². The highest BCUT2D eigenvalue weighted by molar-refractivity contribution is 5.39. The molecule has 14 heavy (non-hydrogen) atoms. The van der Waals surface area contributed by atoms with Crippen LogP contribution in [0.4, 0.5) is 8.78 Å². The third-order valence-electron chi connectivity index (χ3n) is 1.83. The minimum absolute atomic E-state index is 0.0939. The molecule has 0 atom stereocenters. The van der Waals surface area contributed by atoms with E-state index in [1.165, 1.54) is 25.3 Å². The Hall–Kier alpha value is -1.63. The fourth-order valence-electron chi connectivity index (χ4n) is 1.13. The van der Waals surface area contributed by atoms with Crippen LogP contribution < -0.4 is 4.74 Å². The van der Waals surface area contributed by atoms with E-state index in [2.05, 4.69) is 0 Å². The third-order valence-corrected chi connectivity index (χ3v) is 1.83. The van der Waals surface area contributed by atoms with Gasteiger partial charge < -0.3 is 4.74 Å². The second-order valence-corrected chi connectivity index (χ2v) is 2.71. The molecule has 0 aliphatic heterocycles. The number of benzene rings is 1. The molecular weight excluding hydrogens is 188 g/mol. The molecule has 0 spiro atoms. The van der Waals surface area contributed by atoms with E-state index in [-0.39, 0.29) is 12.0 Å². The largest absolute Gasteiger partial charge is 0.496 e. The van der Waals surface area contributed by atoms with Gasteiger partial charge in [0.15, 0.2) is 0 Å². The predicted octanol–water partition coefficient (Wildman–Crippen LogP) is 2.70. The van der Waals surface area contributed by atoms with E-state index in [0.29, 0.717) is 11.3 Å². The Morgan fingerprint density at radius 2 is 2.21 bits per heavy atom. The van der Waals surface area contributed by atoms with Crippen molar-refractivity contribution in [2.75, 3.05) is 7.11 Å². The van der Waals surface area contributed by atoms with Crippen LogP contribution in [0.5, 0.6) is 5.75 Å². The van der Waals surface area contributed by atoms with Gasteiger partial charge in [-0.3, -0.25) is 0 Å². The summed E-state index contributed by atoms with van der Waals surface area (Å²) in [7, 11) is 1.39. The van der Waals surface area contributed by atoms with Gasteiger partial charge in [-0.05, 0) is 6.07 Å². The molecule has 0 aliphatic rings. The molecular formula is C10H9F2NO. The summed E-state index contributed by atoms with van der Waals surface area (Å²) in [5.74, 6) is 0.337. The molecule has 0 radical (unpaired) electrons. The topological polar surface area (TPSA) is 33.0 Å². The van der Waals surface area contributed by atoms with Crippen molar-refractivity contribution in [1.29, 1.82) is 5.26 Å². The Bertz CT molecular complexity index is 358. The van der Waals surface area contributed by atoms with Crippen LogP contribution in [0.1, 0.15) is 17.6 Å². The van der Waals surface area contributed by atoms with Crippen LogP contribution in [-0.4, -0.2) is 7.11 Å². The zero-order chi connectivity index (χ0) is 10.6. The summed E-state index contributed by atoms with van der Waals surface area (Å²) in [6.07, 6.45) is -2.35. The first-order valence-electron chi connectivity index (χ1n) is 4.01. The molecule has 0 unspecified atom stereocenters. The average molecular weight is 197 g/mol. The van der Waals surface area contributed by atoms with Gasteiger partial charge in [-0.2, -0.15) is 5.26 Å². The number of hydrogen-bond acceptors (Lipinski definition) is 2. The second kappa shape index (κ2) is 4.56. The summed E-state index contributed by atoms with van der Waals surface area (Å²) in [4.78, 5) is 0. The number of rotatable bonds is 3. The van der Waals surface area contributed by atoms with Crippen LogP contribution >= 0.6 is 0 Å². The number of ether oxygens (including phenoxy) is 1. The molecule has 1 aromatic carbocycles. The minimum Gasteiger partial charge on any atom is -0.496 e. The lowest BCUT2D eigenvalue weighted by Crippen LogP contribution is -1.93. The maximum Gasteiger partial charge on any atom is 0.263 e. The summed E-state index contributed by atoms with van der Waals surface area (Å²) in [5.41, 5.74) is 0.530. The lowest BCUT2D eigenvalue weighted by atomic mass is 10.1. The molecule has 0 saturated carbocycles. The van der Waals surface area contributed by atoms with E-state index in [0.717, 1.165) is 0 Å². The van der Waals surface area contributed by atoms with Gasteiger partial charge in [-0.25, -0.2) is 8.78 Å². The van der Waals surface area contributed by atoms with Gasteiger partial charge in [0.2, 0.25) is 0 Å². The lowest BCUT2D eigenvalue weighted by Gasteiger charge is -2.07. The summed E-state index contributed by atoms with van der Waals surface area (Å²) in [5, 5.41) is 8.46. The van der Waals surface area contributed by atoms with Crippen molar-refractivity contribution in [3.05, 3.63) is 29.3 Å². The highest BCUT2D eigenvalue weighted by Gasteiger charge is 2.10. The Labute approximate surface area is 80.7 Å². The molecule has 0 N–H and O–H groups in total. The molecule has 0 amide bonds. The molecule has 0 aromatic heterocycles. The van der Waals surface area contributed by atoms with Gasteiger partial charge in [-0.1, -0.05) is 12.1 Å². The van der Waals surface area contributed by atoms with Gasteiger partial charge in [-0.15, -0.1) is 0 Å². The monoisotopic (exact) mass is 197 g/mol. The van der Waals surface area contributed by atoms with Crippen LogP contribution in [-0.2, 0) is 6.42 Å². The van der Waals surface area contributed by atoms with E-state index in [4.69, 9.17) is 10.00 Å². The summed E-state index contributed by atoms with van der Waals surface area (Å²) in [6, 6.07) is 6.00. The van der Waals surface area contributed by atoms with Gasteiger partial charge >= 0.3 is 0 Å². The number of methoxy groups -OCH3 is 1. The quantitative estimate of drug-likeness (QED) is 0.746. The van der Waals surface area contributed by atoms with Gasteiger partial charge in [0, 0.05) is 11.1 Å². The van der Waals surface area contributed by atoms with Crippen molar-refractivity contribution in [3.8, 4) is 11.8 Å². The molecule has 1 aromatic rings. The van der Waals surface area contributed by atoms with E-state index >= 15 is 0 Å². The van der Waals surface area contributed by atoms with Crippen molar-refractivity contribution < 1.29 is 13.5 Å². The second-order valence-electron chi connectivity index (χ2n) is 2.71. The van der Waals surface area contributed by atoms with Gasteiger partial charge in [0.25, 0.3) is 6.43 Å². The number of nitrogens with zero attached hydrogens (tertiary/aromatic N) is 1. The van der Waals surface area contributed by atoms with Crippen LogP contribution in [0.15, 0.2) is 18.2 Å². The zero-order valence-electron chi connectivity index (χ0n) is 7.63. The first-order valence-corrected chi connectivity index (χ1v) is 4.01. The molecule has 0 saturated heterocycles. The number of hydrogen-bond donors (Lipinski definition) is 0. The molecule has 0 heterocycles. The van der Waals surface area contributed by atoms with Crippen molar-refractivity contribution in [2.24, 2.45) is 0 Å². The van der Waals surface area contributed by atoms with Crippen LogP contribution in [0, 0.1) is 11.3 Å². The normalized spacial score (nSPS) is 9.93. The Balaban J connectivity index is 3.06. The van der Waals surface area contributed by atoms with E-state index < -0.39 is 6.43 Å². The van der Waals surface area contributed by atoms with E-state index in [1.54, 1.807) is 0 Å². The molecule has 0 aliphatic carbocycles. The Morgan fingerprint density at radius 3 is 2.71 bits per heavy atom. The lowest BCUT2D eigenvalue weighted by molar-refractivity contribution is 0.151. The molecule has 2 nitrogen and oxygen atoms in total.